The van der Waals surface area contributed by atoms with E-state index in [0.717, 1.165) is 28.4 Å². The second-order valence-corrected chi connectivity index (χ2v) is 22.7. The Morgan fingerprint density at radius 3 is 0.806 bits per heavy atom. The molecule has 0 aliphatic heterocycles. The summed E-state index contributed by atoms with van der Waals surface area (Å²) in [7, 11) is 0. The molecule has 0 atom stereocenters. The molecule has 0 N–H and O–H groups in total. The normalized spacial score (nSPS) is 12.9. The number of halogens is 1. The summed E-state index contributed by atoms with van der Waals surface area (Å²) in [5, 5.41) is 5.21. The van der Waals surface area contributed by atoms with Gasteiger partial charge in [0.15, 0.2) is 0 Å². The van der Waals surface area contributed by atoms with Crippen molar-refractivity contribution < 1.29 is 0 Å². The number of anilines is 3. The van der Waals surface area contributed by atoms with E-state index in [9.17, 15) is 0 Å². The van der Waals surface area contributed by atoms with Gasteiger partial charge in [0.1, 0.15) is 0 Å². The first-order chi connectivity index (χ1) is 29.2. The van der Waals surface area contributed by atoms with E-state index in [1.165, 1.54) is 69.4 Å². The number of hydrogen-bond donors (Lipinski definition) is 0. The molecule has 0 spiro atoms. The zero-order valence-corrected chi connectivity index (χ0v) is 40.7. The molecule has 2 heterocycles. The van der Waals surface area contributed by atoms with Crippen LogP contribution in [0.3, 0.4) is 0 Å². The van der Waals surface area contributed by atoms with Gasteiger partial charge in [-0.05, 0) is 188 Å². The molecule has 2 aromatic heterocycles. The Labute approximate surface area is 382 Å². The summed E-state index contributed by atoms with van der Waals surface area (Å²) in [5.41, 5.74) is 16.2. The first-order valence-corrected chi connectivity index (χ1v) is 23.2. The van der Waals surface area contributed by atoms with Crippen LogP contribution in [0.15, 0.2) is 146 Å². The van der Waals surface area contributed by atoms with Crippen molar-refractivity contribution in [1.29, 1.82) is 0 Å². The van der Waals surface area contributed by atoms with Gasteiger partial charge in [0.2, 0.25) is 0 Å². The highest BCUT2D eigenvalue weighted by Crippen LogP contribution is 2.42. The van der Waals surface area contributed by atoms with Crippen LogP contribution in [0.1, 0.15) is 105 Å². The highest BCUT2D eigenvalue weighted by molar-refractivity contribution is 14.1. The molecule has 0 saturated carbocycles. The third kappa shape index (κ3) is 7.52. The Morgan fingerprint density at radius 1 is 0.323 bits per heavy atom. The first-order valence-electron chi connectivity index (χ1n) is 22.1. The SMILES string of the molecule is CC(C)(C)c1ccc2c(c1)c1cc(C(C)(C)C)ccc1n2-c1ccc(N(c2ccc(I)cc2)c2ccc(-n3c4ccc(C(C)(C)C)cc4c4cc(C(C)(C)C)ccc43)cc2)cc1. The van der Waals surface area contributed by atoms with Crippen LogP contribution in [-0.2, 0) is 21.7 Å². The molecule has 4 heteroatoms. The van der Waals surface area contributed by atoms with Crippen LogP contribution in [0.5, 0.6) is 0 Å². The summed E-state index contributed by atoms with van der Waals surface area (Å²) in [5.74, 6) is 0. The van der Waals surface area contributed by atoms with Crippen molar-refractivity contribution in [1.82, 2.24) is 9.13 Å². The molecule has 7 aromatic carbocycles. The van der Waals surface area contributed by atoms with Crippen molar-refractivity contribution in [3.05, 3.63) is 171 Å². The summed E-state index contributed by atoms with van der Waals surface area (Å²) in [6, 6.07) is 55.3. The van der Waals surface area contributed by atoms with Crippen molar-refractivity contribution in [2.45, 2.75) is 105 Å². The van der Waals surface area contributed by atoms with Crippen molar-refractivity contribution >= 4 is 83.3 Å². The number of hydrogen-bond acceptors (Lipinski definition) is 1. The molecule has 0 aliphatic carbocycles. The molecule has 0 unspecified atom stereocenters. The zero-order chi connectivity index (χ0) is 44.1. The van der Waals surface area contributed by atoms with Crippen molar-refractivity contribution in [3.63, 3.8) is 0 Å². The minimum absolute atomic E-state index is 0.0544. The zero-order valence-electron chi connectivity index (χ0n) is 38.6. The quantitative estimate of drug-likeness (QED) is 0.157. The van der Waals surface area contributed by atoms with Crippen molar-refractivity contribution in [2.75, 3.05) is 4.90 Å². The molecule has 0 radical (unpaired) electrons. The van der Waals surface area contributed by atoms with E-state index in [1.54, 1.807) is 0 Å². The number of benzene rings is 7. The molecular formula is C58H60IN3. The van der Waals surface area contributed by atoms with Gasteiger partial charge >= 0.3 is 0 Å². The molecule has 9 aromatic rings. The average molecular weight is 926 g/mol. The Morgan fingerprint density at radius 2 is 0.565 bits per heavy atom. The van der Waals surface area contributed by atoms with Gasteiger partial charge in [-0.1, -0.05) is 107 Å². The predicted molar refractivity (Wildman–Crippen MR) is 277 cm³/mol. The molecule has 0 bridgehead atoms. The standard InChI is InChI=1S/C58H60IN3/c1-55(2,3)37-13-29-51-47(33-37)48-34-38(56(4,5)6)14-30-52(48)61(51)45-25-21-43(22-26-45)60(42-19-17-41(59)18-20-42)44-23-27-46(28-24-44)62-53-31-15-39(57(7,8)9)35-49(53)50-36-40(58(10,11)12)16-32-54(50)62/h13-36H,1-12H3. The lowest BCUT2D eigenvalue weighted by Gasteiger charge is -2.26. The number of fused-ring (bicyclic) bond motifs is 6. The summed E-state index contributed by atoms with van der Waals surface area (Å²) in [4.78, 5) is 2.37. The lowest BCUT2D eigenvalue weighted by atomic mass is 9.85. The van der Waals surface area contributed by atoms with Crippen LogP contribution >= 0.6 is 22.6 Å². The van der Waals surface area contributed by atoms with E-state index in [2.05, 4.69) is 265 Å². The van der Waals surface area contributed by atoms with Crippen molar-refractivity contribution in [2.24, 2.45) is 0 Å². The fraction of sp³-hybridized carbons (Fsp3) is 0.276. The van der Waals surface area contributed by atoms with Crippen LogP contribution in [0.2, 0.25) is 0 Å². The third-order valence-corrected chi connectivity index (χ3v) is 13.5. The minimum atomic E-state index is 0.0544. The fourth-order valence-corrected chi connectivity index (χ4v) is 9.37. The number of rotatable bonds is 5. The van der Waals surface area contributed by atoms with Crippen LogP contribution in [-0.4, -0.2) is 9.13 Å². The van der Waals surface area contributed by atoms with Gasteiger partial charge < -0.3 is 14.0 Å². The third-order valence-electron chi connectivity index (χ3n) is 12.8. The highest BCUT2D eigenvalue weighted by Gasteiger charge is 2.24. The largest absolute Gasteiger partial charge is 0.311 e. The second-order valence-electron chi connectivity index (χ2n) is 21.4. The predicted octanol–water partition coefficient (Wildman–Crippen LogP) is 17.1. The van der Waals surface area contributed by atoms with Gasteiger partial charge in [0.25, 0.3) is 0 Å². The molecule has 9 rings (SSSR count). The van der Waals surface area contributed by atoms with E-state index < -0.39 is 0 Å². The van der Waals surface area contributed by atoms with E-state index >= 15 is 0 Å². The summed E-state index contributed by atoms with van der Waals surface area (Å²) in [6.45, 7) is 27.6. The van der Waals surface area contributed by atoms with Gasteiger partial charge in [-0.15, -0.1) is 0 Å². The molecule has 62 heavy (non-hydrogen) atoms. The topological polar surface area (TPSA) is 13.1 Å². The first kappa shape index (κ1) is 42.0. The van der Waals surface area contributed by atoms with E-state index in [-0.39, 0.29) is 21.7 Å². The Bertz CT molecular complexity index is 2800. The summed E-state index contributed by atoms with van der Waals surface area (Å²) < 4.78 is 6.10. The molecule has 0 fully saturated rings. The molecule has 3 nitrogen and oxygen atoms in total. The lowest BCUT2D eigenvalue weighted by Crippen LogP contribution is -2.11. The van der Waals surface area contributed by atoms with Gasteiger partial charge in [0.05, 0.1) is 22.1 Å². The maximum atomic E-state index is 2.44. The summed E-state index contributed by atoms with van der Waals surface area (Å²) in [6.07, 6.45) is 0. The Balaban J connectivity index is 1.16. The van der Waals surface area contributed by atoms with Gasteiger partial charge in [0, 0.05) is 53.6 Å². The maximum absolute atomic E-state index is 2.44. The van der Waals surface area contributed by atoms with E-state index in [1.807, 2.05) is 0 Å². The van der Waals surface area contributed by atoms with Crippen molar-refractivity contribution in [3.8, 4) is 11.4 Å². The van der Waals surface area contributed by atoms with Gasteiger partial charge in [-0.3, -0.25) is 0 Å². The molecule has 314 valence electrons. The Kier molecular flexibility index (Phi) is 10.1. The highest BCUT2D eigenvalue weighted by atomic mass is 127. The molecule has 0 amide bonds. The van der Waals surface area contributed by atoms with Crippen LogP contribution < -0.4 is 4.90 Å². The van der Waals surface area contributed by atoms with Gasteiger partial charge in [-0.2, -0.15) is 0 Å². The molecular weight excluding hydrogens is 866 g/mol. The van der Waals surface area contributed by atoms with Gasteiger partial charge in [-0.25, -0.2) is 0 Å². The van der Waals surface area contributed by atoms with E-state index in [0.29, 0.717) is 0 Å². The maximum Gasteiger partial charge on any atom is 0.0541 e. The molecule has 0 saturated heterocycles. The van der Waals surface area contributed by atoms with Crippen LogP contribution in [0, 0.1) is 3.57 Å². The monoisotopic (exact) mass is 925 g/mol. The number of aromatic nitrogens is 2. The fourth-order valence-electron chi connectivity index (χ4n) is 9.01. The van der Waals surface area contributed by atoms with E-state index in [4.69, 9.17) is 0 Å². The second kappa shape index (κ2) is 14.9. The minimum Gasteiger partial charge on any atom is -0.311 e. The molecule has 0 aliphatic rings. The van der Waals surface area contributed by atoms with Crippen LogP contribution in [0.4, 0.5) is 17.1 Å². The summed E-state index contributed by atoms with van der Waals surface area (Å²) >= 11 is 2.40. The van der Waals surface area contributed by atoms with Crippen LogP contribution in [0.25, 0.3) is 55.0 Å². The smallest absolute Gasteiger partial charge is 0.0541 e. The average Bonchev–Trinajstić information content (AvgIpc) is 3.72. The Hall–Kier alpha value is -5.33. The number of nitrogens with zero attached hydrogens (tertiary/aromatic N) is 3. The lowest BCUT2D eigenvalue weighted by molar-refractivity contribution is 0.590.